The second-order valence-electron chi connectivity index (χ2n) is 8.01. The molecule has 1 aromatic heterocycles. The lowest BCUT2D eigenvalue weighted by Crippen LogP contribution is -2.43. The minimum Gasteiger partial charge on any atom is -0.487 e. The van der Waals surface area contributed by atoms with E-state index in [1.165, 1.54) is 0 Å². The number of thiazole rings is 1. The molecule has 1 atom stereocenters. The summed E-state index contributed by atoms with van der Waals surface area (Å²) in [5, 5.41) is 6.77. The number of benzene rings is 2. The molecule has 1 aliphatic heterocycles. The van der Waals surface area contributed by atoms with E-state index in [-0.39, 0.29) is 11.9 Å². The van der Waals surface area contributed by atoms with Crippen LogP contribution in [-0.4, -0.2) is 48.6 Å². The number of hydrogen-bond donors (Lipinski definition) is 1. The monoisotopic (exact) mass is 497 g/mol. The van der Waals surface area contributed by atoms with E-state index < -0.39 is 0 Å². The van der Waals surface area contributed by atoms with E-state index in [0.717, 1.165) is 40.7 Å². The summed E-state index contributed by atoms with van der Waals surface area (Å²) in [6.45, 7) is 5.94. The zero-order valence-corrected chi connectivity index (χ0v) is 20.6. The normalized spacial score (nSPS) is 15.4. The predicted molar refractivity (Wildman–Crippen MR) is 136 cm³/mol. The molecular formula is C26H28ClN3O3S. The zero-order chi connectivity index (χ0) is 23.8. The smallest absolute Gasteiger partial charge is 0.244 e. The van der Waals surface area contributed by atoms with E-state index in [4.69, 9.17) is 21.1 Å². The van der Waals surface area contributed by atoms with E-state index >= 15 is 0 Å². The predicted octanol–water partition coefficient (Wildman–Crippen LogP) is 4.89. The highest BCUT2D eigenvalue weighted by Crippen LogP contribution is 2.23. The highest BCUT2D eigenvalue weighted by atomic mass is 35.5. The molecule has 6 nitrogen and oxygen atoms in total. The van der Waals surface area contributed by atoms with Gasteiger partial charge in [0.15, 0.2) is 0 Å². The second kappa shape index (κ2) is 12.1. The van der Waals surface area contributed by atoms with Crippen LogP contribution in [0.2, 0.25) is 5.02 Å². The van der Waals surface area contributed by atoms with Crippen LogP contribution in [0.4, 0.5) is 0 Å². The van der Waals surface area contributed by atoms with Crippen LogP contribution < -0.4 is 10.1 Å². The zero-order valence-electron chi connectivity index (χ0n) is 19.1. The second-order valence-corrected chi connectivity index (χ2v) is 9.51. The molecule has 1 unspecified atom stereocenters. The Morgan fingerprint density at radius 3 is 2.79 bits per heavy atom. The molecule has 0 bridgehead atoms. The van der Waals surface area contributed by atoms with Gasteiger partial charge in [-0.2, -0.15) is 0 Å². The lowest BCUT2D eigenvalue weighted by atomic mass is 10.0. The highest BCUT2D eigenvalue weighted by Gasteiger charge is 2.23. The number of ether oxygens (including phenoxy) is 2. The van der Waals surface area contributed by atoms with Gasteiger partial charge in [0, 0.05) is 36.1 Å². The van der Waals surface area contributed by atoms with E-state index in [2.05, 4.69) is 15.2 Å². The summed E-state index contributed by atoms with van der Waals surface area (Å²) in [6, 6.07) is 15.5. The molecule has 4 rings (SSSR count). The number of halogens is 1. The fourth-order valence-electron chi connectivity index (χ4n) is 3.80. The maximum Gasteiger partial charge on any atom is 0.244 e. The lowest BCUT2D eigenvalue weighted by Gasteiger charge is -2.34. The Morgan fingerprint density at radius 1 is 1.26 bits per heavy atom. The Hall–Kier alpha value is -2.71. The number of nitrogens with one attached hydrogen (secondary N) is 1. The van der Waals surface area contributed by atoms with Crippen molar-refractivity contribution >= 4 is 34.9 Å². The molecule has 2 aromatic carbocycles. The number of hydrogen-bond acceptors (Lipinski definition) is 6. The third-order valence-corrected chi connectivity index (χ3v) is 6.62. The van der Waals surface area contributed by atoms with Crippen LogP contribution >= 0.6 is 22.9 Å². The minimum absolute atomic E-state index is 0.0598. The summed E-state index contributed by atoms with van der Waals surface area (Å²) < 4.78 is 11.3. The summed E-state index contributed by atoms with van der Waals surface area (Å²) >= 11 is 7.67. The first kappa shape index (κ1) is 24.4. The molecule has 0 saturated carbocycles. The van der Waals surface area contributed by atoms with Crippen LogP contribution in [-0.2, 0) is 16.1 Å². The van der Waals surface area contributed by atoms with Crippen molar-refractivity contribution in [2.45, 2.75) is 19.6 Å². The molecule has 2 heterocycles. The van der Waals surface area contributed by atoms with Gasteiger partial charge in [0.25, 0.3) is 0 Å². The number of aromatic nitrogens is 1. The maximum absolute atomic E-state index is 12.6. The van der Waals surface area contributed by atoms with Gasteiger partial charge in [-0.15, -0.1) is 11.3 Å². The van der Waals surface area contributed by atoms with Crippen molar-refractivity contribution in [1.29, 1.82) is 0 Å². The first-order chi connectivity index (χ1) is 16.6. The fraction of sp³-hybridized carbons (Fsp3) is 0.308. The Bertz CT molecular complexity index is 1110. The fourth-order valence-corrected chi connectivity index (χ4v) is 4.52. The number of rotatable bonds is 9. The first-order valence-electron chi connectivity index (χ1n) is 11.2. The highest BCUT2D eigenvalue weighted by molar-refractivity contribution is 7.09. The van der Waals surface area contributed by atoms with Gasteiger partial charge in [-0.3, -0.25) is 9.69 Å². The molecule has 0 aliphatic carbocycles. The summed E-state index contributed by atoms with van der Waals surface area (Å²) in [5.74, 6) is 0.597. The van der Waals surface area contributed by atoms with E-state index in [1.54, 1.807) is 23.5 Å². The van der Waals surface area contributed by atoms with Crippen molar-refractivity contribution in [3.63, 3.8) is 0 Å². The van der Waals surface area contributed by atoms with Crippen LogP contribution in [0.3, 0.4) is 0 Å². The number of carbonyl (C=O) groups excluding carboxylic acids is 1. The molecule has 1 N–H and O–H groups in total. The Morgan fingerprint density at radius 2 is 2.06 bits per heavy atom. The quantitative estimate of drug-likeness (QED) is 0.426. The molecule has 1 aliphatic rings. The van der Waals surface area contributed by atoms with Gasteiger partial charge in [-0.05, 0) is 48.4 Å². The maximum atomic E-state index is 12.6. The van der Waals surface area contributed by atoms with E-state index in [9.17, 15) is 4.79 Å². The molecule has 1 amide bonds. The van der Waals surface area contributed by atoms with Gasteiger partial charge < -0.3 is 14.8 Å². The average molecular weight is 498 g/mol. The van der Waals surface area contributed by atoms with Crippen molar-refractivity contribution in [1.82, 2.24) is 15.2 Å². The lowest BCUT2D eigenvalue weighted by molar-refractivity contribution is -0.116. The van der Waals surface area contributed by atoms with Crippen LogP contribution in [0.15, 0.2) is 60.0 Å². The third kappa shape index (κ3) is 7.14. The number of nitrogens with zero attached hydrogens (tertiary/aromatic N) is 2. The Labute approximate surface area is 209 Å². The van der Waals surface area contributed by atoms with Gasteiger partial charge in [0.1, 0.15) is 12.4 Å². The Kier molecular flexibility index (Phi) is 8.71. The topological polar surface area (TPSA) is 63.7 Å². The van der Waals surface area contributed by atoms with Crippen molar-refractivity contribution in [2.75, 3.05) is 32.8 Å². The molecule has 1 fully saturated rings. The number of morpholine rings is 1. The number of amides is 1. The number of aryl methyl sites for hydroxylation is 1. The van der Waals surface area contributed by atoms with Crippen LogP contribution in [0.1, 0.15) is 27.9 Å². The van der Waals surface area contributed by atoms with Crippen molar-refractivity contribution < 1.29 is 14.3 Å². The largest absolute Gasteiger partial charge is 0.487 e. The standard InChI is InChI=1S/C26H28ClN3O3S/c1-19-29-23(18-34-19)17-33-24-4-2-3-20(15-24)5-10-26(31)28-16-25(30-11-13-32-14-12-30)21-6-8-22(27)9-7-21/h2-10,15,18,25H,11-14,16-17H2,1H3,(H,28,31). The summed E-state index contributed by atoms with van der Waals surface area (Å²) in [5.41, 5.74) is 2.93. The van der Waals surface area contributed by atoms with Gasteiger partial charge >= 0.3 is 0 Å². The molecule has 0 spiro atoms. The first-order valence-corrected chi connectivity index (χ1v) is 12.5. The molecule has 3 aromatic rings. The van der Waals surface area contributed by atoms with E-state index in [0.29, 0.717) is 31.4 Å². The summed E-state index contributed by atoms with van der Waals surface area (Å²) in [4.78, 5) is 19.3. The van der Waals surface area contributed by atoms with Crippen molar-refractivity contribution in [3.05, 3.63) is 86.8 Å². The van der Waals surface area contributed by atoms with Gasteiger partial charge in [-0.25, -0.2) is 4.98 Å². The van der Waals surface area contributed by atoms with Crippen molar-refractivity contribution in [3.8, 4) is 5.75 Å². The Balaban J connectivity index is 1.34. The van der Waals surface area contributed by atoms with Crippen LogP contribution in [0.5, 0.6) is 5.75 Å². The van der Waals surface area contributed by atoms with E-state index in [1.807, 2.05) is 60.8 Å². The van der Waals surface area contributed by atoms with Gasteiger partial charge in [-0.1, -0.05) is 35.9 Å². The number of carbonyl (C=O) groups is 1. The average Bonchev–Trinajstić information content (AvgIpc) is 3.28. The van der Waals surface area contributed by atoms with Crippen LogP contribution in [0.25, 0.3) is 6.08 Å². The molecule has 178 valence electrons. The summed E-state index contributed by atoms with van der Waals surface area (Å²) in [7, 11) is 0. The minimum atomic E-state index is -0.142. The molecule has 34 heavy (non-hydrogen) atoms. The van der Waals surface area contributed by atoms with Crippen LogP contribution in [0, 0.1) is 6.92 Å². The molecular weight excluding hydrogens is 470 g/mol. The van der Waals surface area contributed by atoms with Gasteiger partial charge in [0.05, 0.1) is 30.0 Å². The molecule has 0 radical (unpaired) electrons. The SMILES string of the molecule is Cc1nc(COc2cccc(C=CC(=O)NCC(c3ccc(Cl)cc3)N3CCOCC3)c2)cs1. The van der Waals surface area contributed by atoms with Crippen molar-refractivity contribution in [2.24, 2.45) is 0 Å². The summed E-state index contributed by atoms with van der Waals surface area (Å²) in [6.07, 6.45) is 3.35. The molecule has 8 heteroatoms. The molecule has 1 saturated heterocycles. The van der Waals surface area contributed by atoms with Gasteiger partial charge in [0.2, 0.25) is 5.91 Å². The third-order valence-electron chi connectivity index (χ3n) is 5.55.